The zero-order valence-electron chi connectivity index (χ0n) is 8.56. The van der Waals surface area contributed by atoms with Gasteiger partial charge in [0.05, 0.1) is 5.02 Å². The van der Waals surface area contributed by atoms with Crippen molar-refractivity contribution in [3.05, 3.63) is 53.2 Å². The maximum absolute atomic E-state index is 6.09. The molecule has 0 unspecified atom stereocenters. The Morgan fingerprint density at radius 2 is 2.00 bits per heavy atom. The summed E-state index contributed by atoms with van der Waals surface area (Å²) in [6.45, 7) is 0.487. The van der Waals surface area contributed by atoms with Crippen molar-refractivity contribution in [2.45, 2.75) is 16.5 Å². The molecule has 16 heavy (non-hydrogen) atoms. The molecule has 2 rings (SSSR count). The maximum atomic E-state index is 6.09. The van der Waals surface area contributed by atoms with Crippen LogP contribution in [0.25, 0.3) is 0 Å². The monoisotopic (exact) mass is 250 g/mol. The zero-order valence-corrected chi connectivity index (χ0v) is 10.1. The van der Waals surface area contributed by atoms with Gasteiger partial charge in [-0.2, -0.15) is 0 Å². The van der Waals surface area contributed by atoms with E-state index in [1.54, 1.807) is 18.0 Å². The van der Waals surface area contributed by atoms with Crippen molar-refractivity contribution < 1.29 is 0 Å². The van der Waals surface area contributed by atoms with Crippen molar-refractivity contribution >= 4 is 23.4 Å². The van der Waals surface area contributed by atoms with Crippen LogP contribution >= 0.6 is 23.4 Å². The van der Waals surface area contributed by atoms with Crippen LogP contribution in [0.4, 0.5) is 0 Å². The van der Waals surface area contributed by atoms with Gasteiger partial charge in [0.15, 0.2) is 0 Å². The molecule has 1 aromatic heterocycles. The van der Waals surface area contributed by atoms with E-state index in [9.17, 15) is 0 Å². The van der Waals surface area contributed by atoms with Crippen molar-refractivity contribution in [2.75, 3.05) is 0 Å². The van der Waals surface area contributed by atoms with Crippen LogP contribution in [0.15, 0.2) is 52.5 Å². The first kappa shape index (κ1) is 11.5. The highest BCUT2D eigenvalue weighted by Gasteiger charge is 2.06. The lowest BCUT2D eigenvalue weighted by Crippen LogP contribution is -1.99. The van der Waals surface area contributed by atoms with Gasteiger partial charge < -0.3 is 5.73 Å². The van der Waals surface area contributed by atoms with Crippen LogP contribution in [0, 0.1) is 0 Å². The summed E-state index contributed by atoms with van der Waals surface area (Å²) in [7, 11) is 0. The van der Waals surface area contributed by atoms with E-state index < -0.39 is 0 Å². The standard InChI is InChI=1S/C12H11ClN2S/c13-10-5-1-2-6-11(10)16-12-9(8-14)4-3-7-15-12/h1-7H,8,14H2. The molecule has 0 aliphatic carbocycles. The molecule has 2 nitrogen and oxygen atoms in total. The number of halogens is 1. The molecule has 0 radical (unpaired) electrons. The van der Waals surface area contributed by atoms with E-state index in [2.05, 4.69) is 4.98 Å². The summed E-state index contributed by atoms with van der Waals surface area (Å²) in [5.74, 6) is 0. The lowest BCUT2D eigenvalue weighted by atomic mass is 10.3. The molecule has 2 aromatic rings. The van der Waals surface area contributed by atoms with Gasteiger partial charge in [0.2, 0.25) is 0 Å². The van der Waals surface area contributed by atoms with Crippen molar-refractivity contribution in [3.63, 3.8) is 0 Å². The molecule has 0 fully saturated rings. The Morgan fingerprint density at radius 1 is 1.19 bits per heavy atom. The highest BCUT2D eigenvalue weighted by molar-refractivity contribution is 7.99. The fraction of sp³-hybridized carbons (Fsp3) is 0.0833. The summed E-state index contributed by atoms with van der Waals surface area (Å²) in [4.78, 5) is 5.31. The molecule has 0 aliphatic heterocycles. The lowest BCUT2D eigenvalue weighted by Gasteiger charge is -2.06. The van der Waals surface area contributed by atoms with E-state index in [4.69, 9.17) is 17.3 Å². The fourth-order valence-corrected chi connectivity index (χ4v) is 2.47. The van der Waals surface area contributed by atoms with E-state index >= 15 is 0 Å². The molecule has 0 spiro atoms. The van der Waals surface area contributed by atoms with Crippen molar-refractivity contribution in [2.24, 2.45) is 5.73 Å². The summed E-state index contributed by atoms with van der Waals surface area (Å²) < 4.78 is 0. The second-order valence-electron chi connectivity index (χ2n) is 3.20. The average molecular weight is 251 g/mol. The zero-order chi connectivity index (χ0) is 11.4. The van der Waals surface area contributed by atoms with Crippen LogP contribution in [-0.2, 0) is 6.54 Å². The highest BCUT2D eigenvalue weighted by Crippen LogP contribution is 2.33. The topological polar surface area (TPSA) is 38.9 Å². The molecule has 0 bridgehead atoms. The first-order chi connectivity index (χ1) is 7.81. The van der Waals surface area contributed by atoms with Gasteiger partial charge in [-0.25, -0.2) is 4.98 Å². The third-order valence-electron chi connectivity index (χ3n) is 2.11. The molecule has 4 heteroatoms. The maximum Gasteiger partial charge on any atom is 0.105 e. The Hall–Kier alpha value is -1.03. The molecular formula is C12H11ClN2S. The van der Waals surface area contributed by atoms with E-state index in [1.807, 2.05) is 36.4 Å². The van der Waals surface area contributed by atoms with Crippen LogP contribution in [0.2, 0.25) is 5.02 Å². The van der Waals surface area contributed by atoms with Crippen LogP contribution in [0.5, 0.6) is 0 Å². The average Bonchev–Trinajstić information content (AvgIpc) is 2.33. The van der Waals surface area contributed by atoms with Crippen LogP contribution in [-0.4, -0.2) is 4.98 Å². The van der Waals surface area contributed by atoms with E-state index in [1.165, 1.54) is 0 Å². The van der Waals surface area contributed by atoms with Crippen LogP contribution < -0.4 is 5.73 Å². The summed E-state index contributed by atoms with van der Waals surface area (Å²) in [6, 6.07) is 11.6. The Kier molecular flexibility index (Phi) is 3.83. The number of nitrogens with two attached hydrogens (primary N) is 1. The highest BCUT2D eigenvalue weighted by atomic mass is 35.5. The number of aromatic nitrogens is 1. The normalized spacial score (nSPS) is 10.4. The SMILES string of the molecule is NCc1cccnc1Sc1ccccc1Cl. The van der Waals surface area contributed by atoms with Gasteiger partial charge in [0, 0.05) is 17.6 Å². The summed E-state index contributed by atoms with van der Waals surface area (Å²) in [5.41, 5.74) is 6.69. The largest absolute Gasteiger partial charge is 0.326 e. The molecule has 0 aliphatic rings. The molecular weight excluding hydrogens is 240 g/mol. The van der Waals surface area contributed by atoms with Gasteiger partial charge in [-0.05, 0) is 23.8 Å². The van der Waals surface area contributed by atoms with Crippen LogP contribution in [0.3, 0.4) is 0 Å². The molecule has 0 amide bonds. The van der Waals surface area contributed by atoms with Gasteiger partial charge in [-0.1, -0.05) is 41.6 Å². The minimum absolute atomic E-state index is 0.487. The molecule has 0 saturated carbocycles. The Labute approximate surface area is 104 Å². The quantitative estimate of drug-likeness (QED) is 0.908. The predicted octanol–water partition coefficient (Wildman–Crippen LogP) is 3.34. The Balaban J connectivity index is 2.30. The van der Waals surface area contributed by atoms with Gasteiger partial charge >= 0.3 is 0 Å². The number of rotatable bonds is 3. The van der Waals surface area contributed by atoms with Gasteiger partial charge in [0.25, 0.3) is 0 Å². The summed E-state index contributed by atoms with van der Waals surface area (Å²) in [5, 5.41) is 1.65. The predicted molar refractivity (Wildman–Crippen MR) is 67.7 cm³/mol. The molecule has 0 saturated heterocycles. The summed E-state index contributed by atoms with van der Waals surface area (Å²) >= 11 is 7.63. The minimum Gasteiger partial charge on any atom is -0.326 e. The fourth-order valence-electron chi connectivity index (χ4n) is 1.30. The number of hydrogen-bond donors (Lipinski definition) is 1. The van der Waals surface area contributed by atoms with Crippen molar-refractivity contribution in [1.82, 2.24) is 4.98 Å². The second-order valence-corrected chi connectivity index (χ2v) is 4.64. The smallest absolute Gasteiger partial charge is 0.105 e. The Morgan fingerprint density at radius 3 is 2.75 bits per heavy atom. The van der Waals surface area contributed by atoms with E-state index in [-0.39, 0.29) is 0 Å². The van der Waals surface area contributed by atoms with Gasteiger partial charge in [-0.15, -0.1) is 0 Å². The molecule has 1 heterocycles. The second kappa shape index (κ2) is 5.34. The Bertz CT molecular complexity index is 488. The van der Waals surface area contributed by atoms with E-state index in [0.717, 1.165) is 20.5 Å². The summed E-state index contributed by atoms with van der Waals surface area (Å²) in [6.07, 6.45) is 1.76. The lowest BCUT2D eigenvalue weighted by molar-refractivity contribution is 0.963. The van der Waals surface area contributed by atoms with Crippen molar-refractivity contribution in [1.29, 1.82) is 0 Å². The third-order valence-corrected chi connectivity index (χ3v) is 3.69. The van der Waals surface area contributed by atoms with Crippen LogP contribution in [0.1, 0.15) is 5.56 Å². The molecule has 2 N–H and O–H groups in total. The number of hydrogen-bond acceptors (Lipinski definition) is 3. The molecule has 1 aromatic carbocycles. The molecule has 0 atom stereocenters. The van der Waals surface area contributed by atoms with Gasteiger partial charge in [-0.3, -0.25) is 0 Å². The van der Waals surface area contributed by atoms with Gasteiger partial charge in [0.1, 0.15) is 5.03 Å². The number of nitrogens with zero attached hydrogens (tertiary/aromatic N) is 1. The first-order valence-corrected chi connectivity index (χ1v) is 6.07. The van der Waals surface area contributed by atoms with E-state index in [0.29, 0.717) is 6.54 Å². The minimum atomic E-state index is 0.487. The number of benzene rings is 1. The first-order valence-electron chi connectivity index (χ1n) is 4.87. The number of pyridine rings is 1. The molecule has 82 valence electrons. The van der Waals surface area contributed by atoms with Crippen molar-refractivity contribution in [3.8, 4) is 0 Å². The third kappa shape index (κ3) is 2.55.